The Morgan fingerprint density at radius 3 is 2.74 bits per heavy atom. The molecule has 19 heavy (non-hydrogen) atoms. The minimum atomic E-state index is -0.141. The number of benzene rings is 1. The van der Waals surface area contributed by atoms with Crippen LogP contribution in [-0.2, 0) is 0 Å². The standard InChI is InChI=1S/C14H18N2O2S/c1-3-18-11-7-5-4-6-10(11)13(16-15)14-12(17-2)8-9-19-14/h4-9,13,16H,3,15H2,1-2H3. The first-order valence-corrected chi connectivity index (χ1v) is 6.99. The molecule has 0 spiro atoms. The molecule has 0 aliphatic carbocycles. The quantitative estimate of drug-likeness (QED) is 0.630. The van der Waals surface area contributed by atoms with Gasteiger partial charge >= 0.3 is 0 Å². The molecule has 1 unspecified atom stereocenters. The molecule has 102 valence electrons. The van der Waals surface area contributed by atoms with Crippen molar-refractivity contribution in [2.24, 2.45) is 5.84 Å². The summed E-state index contributed by atoms with van der Waals surface area (Å²) in [4.78, 5) is 1.04. The number of ether oxygens (including phenoxy) is 2. The van der Waals surface area contributed by atoms with Crippen LogP contribution < -0.4 is 20.7 Å². The van der Waals surface area contributed by atoms with Gasteiger partial charge in [0.1, 0.15) is 11.5 Å². The Hall–Kier alpha value is -1.56. The Morgan fingerprint density at radius 2 is 2.05 bits per heavy atom. The van der Waals surface area contributed by atoms with E-state index in [9.17, 15) is 0 Å². The lowest BCUT2D eigenvalue weighted by Crippen LogP contribution is -2.28. The number of nitrogens with one attached hydrogen (secondary N) is 1. The van der Waals surface area contributed by atoms with Crippen LogP contribution >= 0.6 is 11.3 Å². The zero-order valence-electron chi connectivity index (χ0n) is 11.1. The lowest BCUT2D eigenvalue weighted by Gasteiger charge is -2.19. The molecule has 3 N–H and O–H groups in total. The molecule has 0 amide bonds. The summed E-state index contributed by atoms with van der Waals surface area (Å²) in [6.45, 7) is 2.59. The number of hydrogen-bond acceptors (Lipinski definition) is 5. The van der Waals surface area contributed by atoms with Gasteiger partial charge in [-0.1, -0.05) is 18.2 Å². The largest absolute Gasteiger partial charge is 0.496 e. The van der Waals surface area contributed by atoms with Gasteiger partial charge in [-0.15, -0.1) is 11.3 Å². The number of para-hydroxylation sites is 1. The minimum Gasteiger partial charge on any atom is -0.496 e. The van der Waals surface area contributed by atoms with E-state index in [1.807, 2.05) is 42.6 Å². The zero-order chi connectivity index (χ0) is 13.7. The molecule has 4 nitrogen and oxygen atoms in total. The molecule has 1 atom stereocenters. The van der Waals surface area contributed by atoms with Crippen LogP contribution in [0.1, 0.15) is 23.4 Å². The molecule has 0 aliphatic rings. The number of thiophene rings is 1. The van der Waals surface area contributed by atoms with Gasteiger partial charge in [0.15, 0.2) is 0 Å². The highest BCUT2D eigenvalue weighted by atomic mass is 32.1. The lowest BCUT2D eigenvalue weighted by molar-refractivity contribution is 0.333. The van der Waals surface area contributed by atoms with E-state index in [1.54, 1.807) is 18.4 Å². The third-order valence-electron chi connectivity index (χ3n) is 2.84. The fraction of sp³-hybridized carbons (Fsp3) is 0.286. The molecule has 2 aromatic rings. The van der Waals surface area contributed by atoms with Gasteiger partial charge in [-0.25, -0.2) is 5.43 Å². The van der Waals surface area contributed by atoms with Crippen molar-refractivity contribution in [1.29, 1.82) is 0 Å². The zero-order valence-corrected chi connectivity index (χ0v) is 11.9. The number of nitrogens with two attached hydrogens (primary N) is 1. The molecule has 2 rings (SSSR count). The number of methoxy groups -OCH3 is 1. The Morgan fingerprint density at radius 1 is 1.26 bits per heavy atom. The highest BCUT2D eigenvalue weighted by Gasteiger charge is 2.21. The SMILES string of the molecule is CCOc1ccccc1C(NN)c1sccc1OC. The summed E-state index contributed by atoms with van der Waals surface area (Å²) in [5.41, 5.74) is 3.85. The van der Waals surface area contributed by atoms with E-state index >= 15 is 0 Å². The van der Waals surface area contributed by atoms with Gasteiger partial charge in [-0.2, -0.15) is 0 Å². The van der Waals surface area contributed by atoms with Crippen molar-refractivity contribution in [1.82, 2.24) is 5.43 Å². The smallest absolute Gasteiger partial charge is 0.134 e. The van der Waals surface area contributed by atoms with Crippen LogP contribution in [0.4, 0.5) is 0 Å². The first-order valence-electron chi connectivity index (χ1n) is 6.11. The maximum Gasteiger partial charge on any atom is 0.134 e. The molecule has 0 bridgehead atoms. The summed E-state index contributed by atoms with van der Waals surface area (Å²) >= 11 is 1.61. The minimum absolute atomic E-state index is 0.141. The molecule has 0 saturated heterocycles. The van der Waals surface area contributed by atoms with Gasteiger partial charge in [0.2, 0.25) is 0 Å². The van der Waals surface area contributed by atoms with Crippen LogP contribution in [0.2, 0.25) is 0 Å². The van der Waals surface area contributed by atoms with Crippen molar-refractivity contribution in [3.63, 3.8) is 0 Å². The fourth-order valence-corrected chi connectivity index (χ4v) is 2.94. The summed E-state index contributed by atoms with van der Waals surface area (Å²) in [6.07, 6.45) is 0. The van der Waals surface area contributed by atoms with Crippen molar-refractivity contribution < 1.29 is 9.47 Å². The second kappa shape index (κ2) is 6.56. The highest BCUT2D eigenvalue weighted by Crippen LogP contribution is 2.37. The van der Waals surface area contributed by atoms with Crippen LogP contribution in [-0.4, -0.2) is 13.7 Å². The molecule has 1 aromatic heterocycles. The second-order valence-electron chi connectivity index (χ2n) is 3.92. The van der Waals surface area contributed by atoms with E-state index in [4.69, 9.17) is 15.3 Å². The van der Waals surface area contributed by atoms with Crippen molar-refractivity contribution in [2.75, 3.05) is 13.7 Å². The maximum absolute atomic E-state index is 5.73. The van der Waals surface area contributed by atoms with Crippen LogP contribution in [0, 0.1) is 0 Å². The summed E-state index contributed by atoms with van der Waals surface area (Å²) in [7, 11) is 1.66. The van der Waals surface area contributed by atoms with Crippen LogP contribution in [0.25, 0.3) is 0 Å². The third kappa shape index (κ3) is 2.89. The lowest BCUT2D eigenvalue weighted by atomic mass is 10.0. The maximum atomic E-state index is 5.73. The molecule has 0 aliphatic heterocycles. The average molecular weight is 278 g/mol. The van der Waals surface area contributed by atoms with E-state index < -0.39 is 0 Å². The molecule has 0 fully saturated rings. The summed E-state index contributed by atoms with van der Waals surface area (Å²) in [5, 5.41) is 1.99. The van der Waals surface area contributed by atoms with Crippen LogP contribution in [0.15, 0.2) is 35.7 Å². The molecule has 1 aromatic carbocycles. The first kappa shape index (κ1) is 13.9. The fourth-order valence-electron chi connectivity index (χ4n) is 2.00. The van der Waals surface area contributed by atoms with Gasteiger partial charge in [-0.05, 0) is 24.4 Å². The number of rotatable bonds is 6. The van der Waals surface area contributed by atoms with Crippen molar-refractivity contribution in [3.05, 3.63) is 46.2 Å². The molecular weight excluding hydrogens is 260 g/mol. The van der Waals surface area contributed by atoms with Crippen molar-refractivity contribution in [2.45, 2.75) is 13.0 Å². The Bertz CT molecular complexity index is 528. The summed E-state index contributed by atoms with van der Waals surface area (Å²) < 4.78 is 11.0. The highest BCUT2D eigenvalue weighted by molar-refractivity contribution is 7.10. The van der Waals surface area contributed by atoms with E-state index in [0.29, 0.717) is 6.61 Å². The van der Waals surface area contributed by atoms with E-state index in [2.05, 4.69) is 5.43 Å². The molecule has 0 radical (unpaired) electrons. The molecule has 1 heterocycles. The van der Waals surface area contributed by atoms with Crippen molar-refractivity contribution >= 4 is 11.3 Å². The monoisotopic (exact) mass is 278 g/mol. The summed E-state index contributed by atoms with van der Waals surface area (Å²) in [6, 6.07) is 9.68. The first-order chi connectivity index (χ1) is 9.31. The van der Waals surface area contributed by atoms with Gasteiger partial charge in [0, 0.05) is 5.56 Å². The van der Waals surface area contributed by atoms with Crippen LogP contribution in [0.5, 0.6) is 11.5 Å². The van der Waals surface area contributed by atoms with Gasteiger partial charge in [0.05, 0.1) is 24.6 Å². The van der Waals surface area contributed by atoms with E-state index in [1.165, 1.54) is 0 Å². The van der Waals surface area contributed by atoms with Crippen LogP contribution in [0.3, 0.4) is 0 Å². The topological polar surface area (TPSA) is 56.5 Å². The molecule has 0 saturated carbocycles. The Kier molecular flexibility index (Phi) is 4.79. The van der Waals surface area contributed by atoms with Gasteiger partial charge in [-0.3, -0.25) is 5.84 Å². The van der Waals surface area contributed by atoms with Crippen molar-refractivity contribution in [3.8, 4) is 11.5 Å². The molecule has 5 heteroatoms. The third-order valence-corrected chi connectivity index (χ3v) is 3.80. The van der Waals surface area contributed by atoms with Gasteiger partial charge in [0.25, 0.3) is 0 Å². The predicted molar refractivity (Wildman–Crippen MR) is 77.6 cm³/mol. The van der Waals surface area contributed by atoms with E-state index in [-0.39, 0.29) is 6.04 Å². The number of hydrogen-bond donors (Lipinski definition) is 2. The second-order valence-corrected chi connectivity index (χ2v) is 4.87. The number of hydrazine groups is 1. The molecular formula is C14H18N2O2S. The Balaban J connectivity index is 2.42. The predicted octanol–water partition coefficient (Wildman–Crippen LogP) is 2.71. The normalized spacial score (nSPS) is 12.2. The average Bonchev–Trinajstić information content (AvgIpc) is 2.90. The van der Waals surface area contributed by atoms with Gasteiger partial charge < -0.3 is 9.47 Å². The summed E-state index contributed by atoms with van der Waals surface area (Å²) in [5.74, 6) is 7.40. The van der Waals surface area contributed by atoms with E-state index in [0.717, 1.165) is 21.9 Å². The Labute approximate surface area is 117 Å².